The summed E-state index contributed by atoms with van der Waals surface area (Å²) in [6.45, 7) is 0.581. The molecule has 1 aliphatic carbocycles. The van der Waals surface area contributed by atoms with Crippen molar-refractivity contribution in [2.45, 2.75) is 24.2 Å². The van der Waals surface area contributed by atoms with Gasteiger partial charge < -0.3 is 5.73 Å². The highest BCUT2D eigenvalue weighted by atomic mass is 32.2. The number of sulfonamides is 1. The molecule has 21 heavy (non-hydrogen) atoms. The predicted octanol–water partition coefficient (Wildman–Crippen LogP) is 1.56. The minimum absolute atomic E-state index is 0.0340. The van der Waals surface area contributed by atoms with Gasteiger partial charge in [0.25, 0.3) is 0 Å². The third kappa shape index (κ3) is 3.62. The molecule has 0 amide bonds. The van der Waals surface area contributed by atoms with Crippen molar-refractivity contribution in [2.75, 3.05) is 20.1 Å². The zero-order valence-electron chi connectivity index (χ0n) is 12.0. The summed E-state index contributed by atoms with van der Waals surface area (Å²) in [5, 5.41) is 0. The van der Waals surface area contributed by atoms with Crippen LogP contribution < -0.4 is 5.73 Å². The SMILES string of the molecule is CN(CC1CCC1)S(=O)(=O)c1ccc(F)cc1C#CCN. The van der Waals surface area contributed by atoms with Crippen LogP contribution in [0.3, 0.4) is 0 Å². The number of hydrogen-bond acceptors (Lipinski definition) is 3. The predicted molar refractivity (Wildman–Crippen MR) is 79.5 cm³/mol. The van der Waals surface area contributed by atoms with Gasteiger partial charge >= 0.3 is 0 Å². The van der Waals surface area contributed by atoms with Crippen molar-refractivity contribution < 1.29 is 12.8 Å². The average molecular weight is 310 g/mol. The Morgan fingerprint density at radius 1 is 1.43 bits per heavy atom. The van der Waals surface area contributed by atoms with Crippen LogP contribution in [0.15, 0.2) is 23.1 Å². The van der Waals surface area contributed by atoms with Crippen molar-refractivity contribution >= 4 is 10.0 Å². The van der Waals surface area contributed by atoms with Crippen molar-refractivity contribution in [3.63, 3.8) is 0 Å². The third-order valence-corrected chi connectivity index (χ3v) is 5.58. The van der Waals surface area contributed by atoms with Gasteiger partial charge in [-0.3, -0.25) is 0 Å². The summed E-state index contributed by atoms with van der Waals surface area (Å²) in [6.07, 6.45) is 3.27. The van der Waals surface area contributed by atoms with Crippen LogP contribution in [-0.4, -0.2) is 32.9 Å². The highest BCUT2D eigenvalue weighted by Gasteiger charge is 2.28. The molecule has 6 heteroatoms. The lowest BCUT2D eigenvalue weighted by Gasteiger charge is -2.29. The minimum atomic E-state index is -3.66. The van der Waals surface area contributed by atoms with Gasteiger partial charge in [0.2, 0.25) is 10.0 Å². The summed E-state index contributed by atoms with van der Waals surface area (Å²) in [5.41, 5.74) is 5.45. The number of nitrogens with zero attached hydrogens (tertiary/aromatic N) is 1. The van der Waals surface area contributed by atoms with Gasteiger partial charge in [-0.25, -0.2) is 17.1 Å². The second kappa shape index (κ2) is 6.56. The Morgan fingerprint density at radius 2 is 2.14 bits per heavy atom. The van der Waals surface area contributed by atoms with Gasteiger partial charge in [-0.15, -0.1) is 0 Å². The Bertz CT molecular complexity index is 673. The Morgan fingerprint density at radius 3 is 2.71 bits per heavy atom. The number of rotatable bonds is 4. The molecule has 0 unspecified atom stereocenters. The first-order chi connectivity index (χ1) is 9.95. The molecule has 4 nitrogen and oxygen atoms in total. The summed E-state index contributed by atoms with van der Waals surface area (Å²) in [4.78, 5) is 0.0340. The van der Waals surface area contributed by atoms with Crippen molar-refractivity contribution in [3.8, 4) is 11.8 Å². The monoisotopic (exact) mass is 310 g/mol. The fourth-order valence-corrected chi connectivity index (χ4v) is 3.65. The van der Waals surface area contributed by atoms with Gasteiger partial charge in [0.05, 0.1) is 11.4 Å². The topological polar surface area (TPSA) is 63.4 Å². The van der Waals surface area contributed by atoms with E-state index < -0.39 is 15.8 Å². The maximum absolute atomic E-state index is 13.3. The summed E-state index contributed by atoms with van der Waals surface area (Å²) >= 11 is 0. The highest BCUT2D eigenvalue weighted by molar-refractivity contribution is 7.89. The zero-order valence-corrected chi connectivity index (χ0v) is 12.8. The smallest absolute Gasteiger partial charge is 0.244 e. The summed E-state index contributed by atoms with van der Waals surface area (Å²) in [5.74, 6) is 5.11. The molecule has 2 rings (SSSR count). The number of nitrogens with two attached hydrogens (primary N) is 1. The molecule has 0 aromatic heterocycles. The summed E-state index contributed by atoms with van der Waals surface area (Å²) in [7, 11) is -2.11. The number of halogens is 1. The molecule has 1 fully saturated rings. The largest absolute Gasteiger partial charge is 0.320 e. The van der Waals surface area contributed by atoms with Crippen molar-refractivity contribution in [1.29, 1.82) is 0 Å². The number of benzene rings is 1. The fourth-order valence-electron chi connectivity index (χ4n) is 2.28. The second-order valence-electron chi connectivity index (χ2n) is 5.23. The number of hydrogen-bond donors (Lipinski definition) is 1. The molecule has 1 aromatic rings. The Hall–Kier alpha value is -1.42. The molecular weight excluding hydrogens is 291 g/mol. The van der Waals surface area contributed by atoms with Gasteiger partial charge in [-0.05, 0) is 37.0 Å². The van der Waals surface area contributed by atoms with Crippen LogP contribution in [0.5, 0.6) is 0 Å². The van der Waals surface area contributed by atoms with Gasteiger partial charge in [-0.2, -0.15) is 0 Å². The van der Waals surface area contributed by atoms with Gasteiger partial charge in [0.1, 0.15) is 5.82 Å². The molecule has 0 radical (unpaired) electrons. The average Bonchev–Trinajstić information content (AvgIpc) is 2.40. The molecular formula is C15H19FN2O2S. The van der Waals surface area contributed by atoms with Gasteiger partial charge in [0.15, 0.2) is 0 Å². The molecule has 0 aliphatic heterocycles. The Balaban J connectivity index is 2.33. The van der Waals surface area contributed by atoms with Gasteiger partial charge in [-0.1, -0.05) is 18.3 Å². The van der Waals surface area contributed by atoms with E-state index in [0.29, 0.717) is 12.5 Å². The van der Waals surface area contributed by atoms with E-state index in [4.69, 9.17) is 5.73 Å². The highest BCUT2D eigenvalue weighted by Crippen LogP contribution is 2.29. The first-order valence-corrected chi connectivity index (χ1v) is 8.34. The van der Waals surface area contributed by atoms with Crippen LogP contribution >= 0.6 is 0 Å². The molecule has 0 heterocycles. The molecule has 2 N–H and O–H groups in total. The van der Waals surface area contributed by atoms with E-state index in [0.717, 1.165) is 31.4 Å². The zero-order chi connectivity index (χ0) is 15.5. The molecule has 0 spiro atoms. The van der Waals surface area contributed by atoms with Crippen LogP contribution in [-0.2, 0) is 10.0 Å². The first kappa shape index (κ1) is 16.0. The van der Waals surface area contributed by atoms with Crippen LogP contribution in [0.25, 0.3) is 0 Å². The minimum Gasteiger partial charge on any atom is -0.320 e. The molecule has 114 valence electrons. The first-order valence-electron chi connectivity index (χ1n) is 6.90. The maximum atomic E-state index is 13.3. The standard InChI is InChI=1S/C15H19FN2O2S/c1-18(11-12-4-2-5-12)21(19,20)15-8-7-14(16)10-13(15)6-3-9-17/h7-8,10,12H,2,4-5,9,11,17H2,1H3. The molecule has 1 aromatic carbocycles. The molecule has 1 saturated carbocycles. The molecule has 1 aliphatic rings. The molecule has 0 bridgehead atoms. The summed E-state index contributed by atoms with van der Waals surface area (Å²) in [6, 6.07) is 3.53. The molecule has 0 atom stereocenters. The van der Waals surface area contributed by atoms with E-state index in [1.807, 2.05) is 0 Å². The van der Waals surface area contributed by atoms with Crippen molar-refractivity contribution in [1.82, 2.24) is 4.31 Å². The van der Waals surface area contributed by atoms with Crippen LogP contribution in [0, 0.1) is 23.6 Å². The van der Waals surface area contributed by atoms with E-state index in [9.17, 15) is 12.8 Å². The van der Waals surface area contributed by atoms with Crippen LogP contribution in [0.2, 0.25) is 0 Å². The van der Waals surface area contributed by atoms with Gasteiger partial charge in [0, 0.05) is 19.2 Å². The quantitative estimate of drug-likeness (QED) is 0.858. The fraction of sp³-hybridized carbons (Fsp3) is 0.467. The Labute approximate surface area is 125 Å². The lowest BCUT2D eigenvalue weighted by atomic mass is 9.86. The van der Waals surface area contributed by atoms with E-state index in [2.05, 4.69) is 11.8 Å². The van der Waals surface area contributed by atoms with Crippen molar-refractivity contribution in [2.24, 2.45) is 11.7 Å². The third-order valence-electron chi connectivity index (χ3n) is 3.70. The van der Waals surface area contributed by atoms with Crippen molar-refractivity contribution in [3.05, 3.63) is 29.6 Å². The molecule has 0 saturated heterocycles. The van der Waals surface area contributed by atoms with E-state index in [-0.39, 0.29) is 17.0 Å². The van der Waals surface area contributed by atoms with E-state index >= 15 is 0 Å². The second-order valence-corrected chi connectivity index (χ2v) is 7.24. The lowest BCUT2D eigenvalue weighted by molar-refractivity contribution is 0.263. The Kier molecular flexibility index (Phi) is 4.99. The van der Waals surface area contributed by atoms with Crippen LogP contribution in [0.4, 0.5) is 4.39 Å². The lowest BCUT2D eigenvalue weighted by Crippen LogP contribution is -2.34. The van der Waals surface area contributed by atoms with E-state index in [1.165, 1.54) is 10.4 Å². The van der Waals surface area contributed by atoms with Crippen LogP contribution in [0.1, 0.15) is 24.8 Å². The summed E-state index contributed by atoms with van der Waals surface area (Å²) < 4.78 is 39.9. The van der Waals surface area contributed by atoms with E-state index in [1.54, 1.807) is 7.05 Å². The maximum Gasteiger partial charge on any atom is 0.244 e. The normalized spacial score (nSPS) is 15.4.